The van der Waals surface area contributed by atoms with Gasteiger partial charge in [-0.3, -0.25) is 0 Å². The second-order valence-electron chi connectivity index (χ2n) is 1.20. The fourth-order valence-corrected chi connectivity index (χ4v) is 0. The van der Waals surface area contributed by atoms with Gasteiger partial charge in [0, 0.05) is 5.66 Å². The summed E-state index contributed by atoms with van der Waals surface area (Å²) in [7, 11) is 1.08. The molecule has 0 aliphatic rings. The average molecular weight is 106 g/mol. The molecule has 0 saturated carbocycles. The Balaban J connectivity index is 2.83. The van der Waals surface area contributed by atoms with Crippen molar-refractivity contribution in [3.05, 3.63) is 0 Å². The topological polar surface area (TPSA) is 0 Å². The molecular formula is C3H7PS. The van der Waals surface area contributed by atoms with Crippen molar-refractivity contribution < 1.29 is 0 Å². The second kappa shape index (κ2) is 2.74. The Labute approximate surface area is 39.4 Å². The van der Waals surface area contributed by atoms with Crippen LogP contribution in [0, 0.1) is 0 Å². The van der Waals surface area contributed by atoms with E-state index in [1.165, 1.54) is 0 Å². The summed E-state index contributed by atoms with van der Waals surface area (Å²) < 4.78 is 0. The SMILES string of the molecule is CC(C)P=S. The van der Waals surface area contributed by atoms with Crippen LogP contribution in [-0.4, -0.2) is 5.66 Å². The van der Waals surface area contributed by atoms with Crippen molar-refractivity contribution in [2.45, 2.75) is 19.5 Å². The van der Waals surface area contributed by atoms with Crippen molar-refractivity contribution >= 4 is 19.2 Å². The van der Waals surface area contributed by atoms with Crippen molar-refractivity contribution in [1.82, 2.24) is 0 Å². The Morgan fingerprint density at radius 1 is 1.60 bits per heavy atom. The summed E-state index contributed by atoms with van der Waals surface area (Å²) in [5.41, 5.74) is 0.671. The molecule has 0 N–H and O–H groups in total. The van der Waals surface area contributed by atoms with Gasteiger partial charge in [0.1, 0.15) is 0 Å². The van der Waals surface area contributed by atoms with Crippen LogP contribution in [0.5, 0.6) is 0 Å². The van der Waals surface area contributed by atoms with Gasteiger partial charge in [0.2, 0.25) is 0 Å². The van der Waals surface area contributed by atoms with Gasteiger partial charge in [-0.05, 0) is 7.36 Å². The third kappa shape index (κ3) is 4.52. The Morgan fingerprint density at radius 3 is 1.80 bits per heavy atom. The Hall–Kier alpha value is 0.520. The minimum absolute atomic E-state index is 0.671. The summed E-state index contributed by atoms with van der Waals surface area (Å²) in [6, 6.07) is 0. The summed E-state index contributed by atoms with van der Waals surface area (Å²) in [6.45, 7) is 4.21. The highest BCUT2D eigenvalue weighted by Gasteiger charge is 1.77. The van der Waals surface area contributed by atoms with Gasteiger partial charge in [0.15, 0.2) is 0 Å². The fourth-order valence-electron chi connectivity index (χ4n) is 0. The molecule has 30 valence electrons. The molecule has 0 aliphatic carbocycles. The van der Waals surface area contributed by atoms with E-state index in [-0.39, 0.29) is 0 Å². The highest BCUT2D eigenvalue weighted by molar-refractivity contribution is 7.96. The third-order valence-electron chi connectivity index (χ3n) is 0.211. The van der Waals surface area contributed by atoms with Crippen LogP contribution in [-0.2, 0) is 11.8 Å². The molecule has 2 heteroatoms. The van der Waals surface area contributed by atoms with Crippen molar-refractivity contribution in [2.24, 2.45) is 0 Å². The van der Waals surface area contributed by atoms with E-state index in [1.807, 2.05) is 0 Å². The number of hydrogen-bond acceptors (Lipinski definition) is 1. The van der Waals surface area contributed by atoms with E-state index in [0.29, 0.717) is 5.66 Å². The van der Waals surface area contributed by atoms with E-state index >= 15 is 0 Å². The zero-order valence-corrected chi connectivity index (χ0v) is 5.14. The van der Waals surface area contributed by atoms with Gasteiger partial charge in [0.25, 0.3) is 0 Å². The lowest BCUT2D eigenvalue weighted by atomic mass is 10.6. The lowest BCUT2D eigenvalue weighted by Crippen LogP contribution is -1.72. The minimum Gasteiger partial charge on any atom is -0.0575 e. The molecule has 0 heterocycles. The van der Waals surface area contributed by atoms with Gasteiger partial charge >= 0.3 is 0 Å². The normalized spacial score (nSPS) is 10.2. The van der Waals surface area contributed by atoms with Gasteiger partial charge in [-0.15, -0.1) is 0 Å². The van der Waals surface area contributed by atoms with Gasteiger partial charge in [0.05, 0.1) is 0 Å². The Bertz CT molecular complexity index is 33.9. The Morgan fingerprint density at radius 2 is 1.80 bits per heavy atom. The smallest absolute Gasteiger partial charge is 0.00565 e. The highest BCUT2D eigenvalue weighted by Crippen LogP contribution is 2.00. The summed E-state index contributed by atoms with van der Waals surface area (Å²) in [4.78, 5) is 0. The van der Waals surface area contributed by atoms with Crippen molar-refractivity contribution in [3.8, 4) is 0 Å². The largest absolute Gasteiger partial charge is 0.0575 e. The molecule has 0 rings (SSSR count). The van der Waals surface area contributed by atoms with Gasteiger partial charge in [-0.25, -0.2) is 0 Å². The molecular weight excluding hydrogens is 99.1 g/mol. The minimum atomic E-state index is 0.671. The molecule has 0 fully saturated rings. The quantitative estimate of drug-likeness (QED) is 0.459. The lowest BCUT2D eigenvalue weighted by molar-refractivity contribution is 1.12. The molecule has 0 amide bonds. The summed E-state index contributed by atoms with van der Waals surface area (Å²) in [6.07, 6.45) is 0. The lowest BCUT2D eigenvalue weighted by Gasteiger charge is -1.80. The Kier molecular flexibility index (Phi) is 3.03. The van der Waals surface area contributed by atoms with E-state index in [2.05, 4.69) is 25.7 Å². The zero-order valence-electron chi connectivity index (χ0n) is 3.43. The van der Waals surface area contributed by atoms with E-state index in [9.17, 15) is 0 Å². The fraction of sp³-hybridized carbons (Fsp3) is 1.00. The third-order valence-corrected chi connectivity index (χ3v) is 1.90. The van der Waals surface area contributed by atoms with Crippen LogP contribution in [0.3, 0.4) is 0 Å². The number of hydrogen-bond donors (Lipinski definition) is 0. The van der Waals surface area contributed by atoms with Crippen molar-refractivity contribution in [2.75, 3.05) is 0 Å². The maximum atomic E-state index is 4.65. The molecule has 0 unspecified atom stereocenters. The molecule has 0 aromatic carbocycles. The standard InChI is InChI=1S/C3H7PS/c1-3(2)4-5/h3H,1-2H3. The first-order chi connectivity index (χ1) is 2.27. The van der Waals surface area contributed by atoms with Gasteiger partial charge < -0.3 is 0 Å². The van der Waals surface area contributed by atoms with Crippen molar-refractivity contribution in [1.29, 1.82) is 0 Å². The van der Waals surface area contributed by atoms with Crippen LogP contribution in [0.15, 0.2) is 0 Å². The summed E-state index contributed by atoms with van der Waals surface area (Å²) in [5.74, 6) is 0. The molecule has 0 atom stereocenters. The molecule has 5 heavy (non-hydrogen) atoms. The molecule has 0 bridgehead atoms. The van der Waals surface area contributed by atoms with Crippen molar-refractivity contribution in [3.63, 3.8) is 0 Å². The first-order valence-electron chi connectivity index (χ1n) is 1.60. The molecule has 0 spiro atoms. The van der Waals surface area contributed by atoms with Gasteiger partial charge in [-0.1, -0.05) is 25.7 Å². The molecule has 0 aromatic rings. The molecule has 0 radical (unpaired) electrons. The van der Waals surface area contributed by atoms with E-state index in [0.717, 1.165) is 7.36 Å². The van der Waals surface area contributed by atoms with Gasteiger partial charge in [-0.2, -0.15) is 0 Å². The van der Waals surface area contributed by atoms with E-state index in [1.54, 1.807) is 0 Å². The number of rotatable bonds is 1. The first kappa shape index (κ1) is 5.52. The van der Waals surface area contributed by atoms with E-state index in [4.69, 9.17) is 0 Å². The molecule has 0 saturated heterocycles. The summed E-state index contributed by atoms with van der Waals surface area (Å²) in [5, 5.41) is 0. The first-order valence-corrected chi connectivity index (χ1v) is 3.57. The predicted molar refractivity (Wildman–Crippen MR) is 29.4 cm³/mol. The summed E-state index contributed by atoms with van der Waals surface area (Å²) >= 11 is 4.65. The van der Waals surface area contributed by atoms with Crippen LogP contribution >= 0.6 is 7.36 Å². The maximum Gasteiger partial charge on any atom is 0.00565 e. The average Bonchev–Trinajstić information content (AvgIpc) is 1.38. The van der Waals surface area contributed by atoms with Crippen LogP contribution in [0.4, 0.5) is 0 Å². The monoisotopic (exact) mass is 106 g/mol. The highest BCUT2D eigenvalue weighted by atomic mass is 32.4. The van der Waals surface area contributed by atoms with Crippen LogP contribution in [0.1, 0.15) is 13.8 Å². The molecule has 0 aliphatic heterocycles. The van der Waals surface area contributed by atoms with Crippen LogP contribution in [0.2, 0.25) is 0 Å². The predicted octanol–water partition coefficient (Wildman–Crippen LogP) is 1.80. The maximum absolute atomic E-state index is 4.65. The zero-order chi connectivity index (χ0) is 4.28. The van der Waals surface area contributed by atoms with E-state index < -0.39 is 0 Å². The molecule has 0 nitrogen and oxygen atoms in total. The second-order valence-corrected chi connectivity index (χ2v) is 3.08. The van der Waals surface area contributed by atoms with Crippen LogP contribution < -0.4 is 0 Å². The van der Waals surface area contributed by atoms with Crippen LogP contribution in [0.25, 0.3) is 0 Å². The molecule has 0 aromatic heterocycles.